The van der Waals surface area contributed by atoms with Gasteiger partial charge < -0.3 is 9.64 Å². The minimum atomic E-state index is -4.41. The Hall–Kier alpha value is -2.58. The van der Waals surface area contributed by atoms with Crippen LogP contribution in [0.5, 0.6) is 5.75 Å². The molecule has 2 atom stereocenters. The van der Waals surface area contributed by atoms with E-state index in [1.165, 1.54) is 17.7 Å². The summed E-state index contributed by atoms with van der Waals surface area (Å²) in [5.74, 6) is 0.557. The fraction of sp³-hybridized carbons (Fsp3) is 0.480. The molecule has 33 heavy (non-hydrogen) atoms. The van der Waals surface area contributed by atoms with E-state index in [0.29, 0.717) is 26.2 Å². The fourth-order valence-corrected chi connectivity index (χ4v) is 4.14. The first-order chi connectivity index (χ1) is 15.5. The maximum Gasteiger partial charge on any atom is 0.416 e. The van der Waals surface area contributed by atoms with Crippen molar-refractivity contribution in [3.05, 3.63) is 64.2 Å². The summed E-state index contributed by atoms with van der Waals surface area (Å²) >= 11 is 0. The lowest BCUT2D eigenvalue weighted by atomic mass is 9.96. The van der Waals surface area contributed by atoms with E-state index in [9.17, 15) is 18.0 Å². The molecule has 0 radical (unpaired) electrons. The van der Waals surface area contributed by atoms with E-state index in [1.807, 2.05) is 19.9 Å². The van der Waals surface area contributed by atoms with Crippen molar-refractivity contribution in [3.63, 3.8) is 0 Å². The first-order valence-electron chi connectivity index (χ1n) is 11.3. The van der Waals surface area contributed by atoms with Crippen molar-refractivity contribution >= 4 is 5.91 Å². The molecule has 3 rings (SSSR count). The summed E-state index contributed by atoms with van der Waals surface area (Å²) in [5, 5.41) is 0. The number of halogens is 3. The number of carbonyl (C=O) groups is 1. The number of hydrogen-bond acceptors (Lipinski definition) is 4. The number of carbonyl (C=O) groups excluding carboxylic acids is 1. The highest BCUT2D eigenvalue weighted by Gasteiger charge is 2.31. The van der Waals surface area contributed by atoms with Gasteiger partial charge in [0, 0.05) is 37.8 Å². The molecule has 180 valence electrons. The second-order valence-electron chi connectivity index (χ2n) is 8.55. The molecule has 2 aromatic carbocycles. The van der Waals surface area contributed by atoms with Gasteiger partial charge in [-0.05, 0) is 74.2 Å². The third kappa shape index (κ3) is 5.68. The molecule has 5 nitrogen and oxygen atoms in total. The number of piperazine rings is 1. The van der Waals surface area contributed by atoms with Crippen molar-refractivity contribution in [1.29, 1.82) is 0 Å². The van der Waals surface area contributed by atoms with Crippen molar-refractivity contribution in [2.75, 3.05) is 26.2 Å². The Morgan fingerprint density at radius 3 is 2.18 bits per heavy atom. The van der Waals surface area contributed by atoms with Crippen LogP contribution in [-0.2, 0) is 6.18 Å². The minimum absolute atomic E-state index is 0.154. The Morgan fingerprint density at radius 1 is 1.03 bits per heavy atom. The summed E-state index contributed by atoms with van der Waals surface area (Å²) in [6.07, 6.45) is -4.01. The Bertz CT molecular complexity index is 968. The maximum absolute atomic E-state index is 12.8. The Balaban J connectivity index is 1.63. The molecule has 2 N–H and O–H groups in total. The molecule has 1 saturated heterocycles. The molecule has 0 aliphatic carbocycles. The van der Waals surface area contributed by atoms with Crippen molar-refractivity contribution in [2.24, 2.45) is 5.73 Å². The van der Waals surface area contributed by atoms with Crippen LogP contribution in [0.3, 0.4) is 0 Å². The van der Waals surface area contributed by atoms with E-state index in [1.54, 1.807) is 4.90 Å². The average Bonchev–Trinajstić information content (AvgIpc) is 2.81. The molecular formula is C25H32F3N3O2. The van der Waals surface area contributed by atoms with Gasteiger partial charge in [0.2, 0.25) is 0 Å². The second kappa shape index (κ2) is 10.1. The zero-order valence-electron chi connectivity index (χ0n) is 19.6. The number of nitrogens with zero attached hydrogens (tertiary/aromatic N) is 2. The van der Waals surface area contributed by atoms with Crippen LogP contribution >= 0.6 is 0 Å². The van der Waals surface area contributed by atoms with Gasteiger partial charge in [0.1, 0.15) is 12.0 Å². The molecule has 1 fully saturated rings. The largest absolute Gasteiger partial charge is 0.475 e. The van der Waals surface area contributed by atoms with Crippen LogP contribution in [0.4, 0.5) is 13.2 Å². The number of amides is 1. The quantitative estimate of drug-likeness (QED) is 0.618. The van der Waals surface area contributed by atoms with Gasteiger partial charge in [-0.25, -0.2) is 0 Å². The summed E-state index contributed by atoms with van der Waals surface area (Å²) < 4.78 is 44.1. The number of ether oxygens (including phenoxy) is 1. The SMILES string of the molecule is CCC(N)Oc1ccc(C(C)N2CCN(C(=O)c3ccc(C(F)(F)F)cc3)CC2)c(C)c1C. The average molecular weight is 464 g/mol. The molecule has 8 heteroatoms. The molecule has 1 aliphatic rings. The summed E-state index contributed by atoms with van der Waals surface area (Å²) in [7, 11) is 0. The zero-order chi connectivity index (χ0) is 24.3. The van der Waals surface area contributed by atoms with Crippen LogP contribution in [-0.4, -0.2) is 48.1 Å². The Kier molecular flexibility index (Phi) is 7.69. The van der Waals surface area contributed by atoms with E-state index in [4.69, 9.17) is 10.5 Å². The lowest BCUT2D eigenvalue weighted by Gasteiger charge is -2.39. The maximum atomic E-state index is 12.8. The Morgan fingerprint density at radius 2 is 1.64 bits per heavy atom. The smallest absolute Gasteiger partial charge is 0.416 e. The van der Waals surface area contributed by atoms with Gasteiger partial charge in [0.25, 0.3) is 5.91 Å². The van der Waals surface area contributed by atoms with Crippen LogP contribution in [0, 0.1) is 13.8 Å². The zero-order valence-corrected chi connectivity index (χ0v) is 19.6. The highest BCUT2D eigenvalue weighted by atomic mass is 19.4. The van der Waals surface area contributed by atoms with Crippen molar-refractivity contribution in [2.45, 2.75) is 52.6 Å². The molecule has 0 saturated carbocycles. The first kappa shape index (κ1) is 25.1. The van der Waals surface area contributed by atoms with Gasteiger partial charge in [0.05, 0.1) is 5.56 Å². The van der Waals surface area contributed by atoms with E-state index in [-0.39, 0.29) is 23.7 Å². The van der Waals surface area contributed by atoms with Crippen molar-refractivity contribution < 1.29 is 22.7 Å². The highest BCUT2D eigenvalue weighted by molar-refractivity contribution is 5.94. The standard InChI is InChI=1S/C25H32F3N3O2/c1-5-23(29)33-22-11-10-21(16(2)17(22)3)18(4)30-12-14-31(15-13-30)24(32)19-6-8-20(9-7-19)25(26,27)28/h6-11,18,23H,5,12-15,29H2,1-4H3. The van der Waals surface area contributed by atoms with Gasteiger partial charge in [-0.2, -0.15) is 13.2 Å². The minimum Gasteiger partial charge on any atom is -0.475 e. The molecule has 2 unspecified atom stereocenters. The molecule has 0 bridgehead atoms. The van der Waals surface area contributed by atoms with Crippen LogP contribution < -0.4 is 10.5 Å². The topological polar surface area (TPSA) is 58.8 Å². The van der Waals surface area contributed by atoms with Crippen molar-refractivity contribution in [1.82, 2.24) is 9.80 Å². The molecule has 1 aliphatic heterocycles. The van der Waals surface area contributed by atoms with Gasteiger partial charge in [0.15, 0.2) is 0 Å². The molecule has 0 spiro atoms. The third-order valence-corrected chi connectivity index (χ3v) is 6.52. The summed E-state index contributed by atoms with van der Waals surface area (Å²) in [5.41, 5.74) is 8.88. The second-order valence-corrected chi connectivity index (χ2v) is 8.55. The normalized spacial score (nSPS) is 17.0. The molecule has 2 aromatic rings. The summed E-state index contributed by atoms with van der Waals surface area (Å²) in [6, 6.07) is 8.61. The summed E-state index contributed by atoms with van der Waals surface area (Å²) in [6.45, 7) is 10.7. The van der Waals surface area contributed by atoms with Crippen LogP contribution in [0.15, 0.2) is 36.4 Å². The van der Waals surface area contributed by atoms with Crippen LogP contribution in [0.25, 0.3) is 0 Å². The lowest BCUT2D eigenvalue weighted by Crippen LogP contribution is -2.49. The number of hydrogen-bond donors (Lipinski definition) is 1. The van der Waals surface area contributed by atoms with E-state index in [0.717, 1.165) is 35.4 Å². The molecule has 1 heterocycles. The summed E-state index contributed by atoms with van der Waals surface area (Å²) in [4.78, 5) is 16.8. The lowest BCUT2D eigenvalue weighted by molar-refractivity contribution is -0.137. The van der Waals surface area contributed by atoms with Crippen LogP contribution in [0.2, 0.25) is 0 Å². The van der Waals surface area contributed by atoms with Crippen LogP contribution in [0.1, 0.15) is 58.9 Å². The molecular weight excluding hydrogens is 431 g/mol. The van der Waals surface area contributed by atoms with Gasteiger partial charge in [-0.15, -0.1) is 0 Å². The van der Waals surface area contributed by atoms with Gasteiger partial charge in [-0.3, -0.25) is 15.4 Å². The Labute approximate surface area is 193 Å². The first-order valence-corrected chi connectivity index (χ1v) is 11.3. The van der Waals surface area contributed by atoms with E-state index < -0.39 is 11.7 Å². The monoisotopic (exact) mass is 463 g/mol. The van der Waals surface area contributed by atoms with Crippen molar-refractivity contribution in [3.8, 4) is 5.75 Å². The van der Waals surface area contributed by atoms with E-state index in [2.05, 4.69) is 24.8 Å². The number of rotatable bonds is 6. The predicted octanol–water partition coefficient (Wildman–Crippen LogP) is 4.91. The third-order valence-electron chi connectivity index (χ3n) is 6.52. The highest BCUT2D eigenvalue weighted by Crippen LogP contribution is 2.32. The fourth-order valence-electron chi connectivity index (χ4n) is 4.14. The number of nitrogens with two attached hydrogens (primary N) is 1. The number of benzene rings is 2. The van der Waals surface area contributed by atoms with E-state index >= 15 is 0 Å². The molecule has 1 amide bonds. The molecule has 0 aromatic heterocycles. The predicted molar refractivity (Wildman–Crippen MR) is 122 cm³/mol. The number of alkyl halides is 3. The van der Waals surface area contributed by atoms with Gasteiger partial charge >= 0.3 is 6.18 Å². The van der Waals surface area contributed by atoms with Gasteiger partial charge in [-0.1, -0.05) is 13.0 Å².